The van der Waals surface area contributed by atoms with Crippen LogP contribution in [-0.2, 0) is 0 Å². The molecule has 0 saturated heterocycles. The van der Waals surface area contributed by atoms with Gasteiger partial charge in [-0.05, 0) is 50.5 Å². The lowest BCUT2D eigenvalue weighted by atomic mass is 10.2. The Morgan fingerprint density at radius 2 is 2.00 bits per heavy atom. The fourth-order valence-electron chi connectivity index (χ4n) is 1.92. The zero-order chi connectivity index (χ0) is 15.2. The van der Waals surface area contributed by atoms with Gasteiger partial charge in [0.1, 0.15) is 5.76 Å². The molecule has 6 heteroatoms. The highest BCUT2D eigenvalue weighted by Gasteiger charge is 2.17. The Morgan fingerprint density at radius 1 is 1.29 bits per heavy atom. The molecule has 0 fully saturated rings. The first-order valence-electron chi connectivity index (χ1n) is 6.56. The number of urea groups is 1. The van der Waals surface area contributed by atoms with Gasteiger partial charge >= 0.3 is 6.03 Å². The molecule has 0 bridgehead atoms. The highest BCUT2D eigenvalue weighted by Crippen LogP contribution is 2.17. The van der Waals surface area contributed by atoms with E-state index in [9.17, 15) is 4.79 Å². The van der Waals surface area contributed by atoms with E-state index in [0.717, 1.165) is 5.76 Å². The van der Waals surface area contributed by atoms with Crippen LogP contribution in [0.1, 0.15) is 11.8 Å². The minimum Gasteiger partial charge on any atom is -0.468 e. The molecule has 0 spiro atoms. The van der Waals surface area contributed by atoms with E-state index in [1.165, 1.54) is 0 Å². The van der Waals surface area contributed by atoms with Crippen molar-refractivity contribution in [1.29, 1.82) is 0 Å². The lowest BCUT2D eigenvalue weighted by Crippen LogP contribution is -2.36. The number of hydrogen-bond acceptors (Lipinski definition) is 3. The smallest absolute Gasteiger partial charge is 0.319 e. The van der Waals surface area contributed by atoms with Crippen LogP contribution < -0.4 is 10.6 Å². The maximum atomic E-state index is 11.9. The molecule has 0 aliphatic carbocycles. The van der Waals surface area contributed by atoms with Gasteiger partial charge in [-0.3, -0.25) is 4.90 Å². The lowest BCUT2D eigenvalue weighted by Gasteiger charge is -2.22. The molecule has 112 valence electrons. The number of halogens is 1. The molecule has 0 saturated carbocycles. The number of nitrogens with one attached hydrogen (secondary N) is 2. The Bertz CT molecular complexity index is 567. The van der Waals surface area contributed by atoms with Gasteiger partial charge in [-0.25, -0.2) is 4.79 Å². The molecule has 0 radical (unpaired) electrons. The number of rotatable bonds is 5. The molecule has 0 aliphatic heterocycles. The molecular formula is C15H18ClN3O2. The minimum absolute atomic E-state index is 0.0176. The largest absolute Gasteiger partial charge is 0.468 e. The van der Waals surface area contributed by atoms with Crippen LogP contribution in [-0.4, -0.2) is 31.6 Å². The van der Waals surface area contributed by atoms with Crippen molar-refractivity contribution < 1.29 is 9.21 Å². The van der Waals surface area contributed by atoms with Crippen molar-refractivity contribution in [1.82, 2.24) is 10.2 Å². The number of anilines is 1. The van der Waals surface area contributed by atoms with Crippen molar-refractivity contribution >= 4 is 23.3 Å². The first kappa shape index (κ1) is 15.4. The Balaban J connectivity index is 1.89. The predicted molar refractivity (Wildman–Crippen MR) is 83.6 cm³/mol. The molecule has 5 nitrogen and oxygen atoms in total. The third-order valence-electron chi connectivity index (χ3n) is 3.05. The summed E-state index contributed by atoms with van der Waals surface area (Å²) in [7, 11) is 3.87. The van der Waals surface area contributed by atoms with E-state index in [1.54, 1.807) is 30.5 Å². The normalized spacial score (nSPS) is 12.2. The Kier molecular flexibility index (Phi) is 5.25. The number of amides is 2. The summed E-state index contributed by atoms with van der Waals surface area (Å²) in [6, 6.07) is 10.4. The van der Waals surface area contributed by atoms with E-state index in [-0.39, 0.29) is 12.1 Å². The molecule has 1 heterocycles. The van der Waals surface area contributed by atoms with Crippen LogP contribution in [0.2, 0.25) is 5.02 Å². The number of likely N-dealkylation sites (N-methyl/N-ethyl adjacent to an activating group) is 1. The monoisotopic (exact) mass is 307 g/mol. The highest BCUT2D eigenvalue weighted by atomic mass is 35.5. The third-order valence-corrected chi connectivity index (χ3v) is 3.30. The molecule has 2 amide bonds. The van der Waals surface area contributed by atoms with Crippen molar-refractivity contribution in [2.24, 2.45) is 0 Å². The molecule has 1 aromatic carbocycles. The minimum atomic E-state index is -0.268. The Labute approximate surface area is 128 Å². The molecular weight excluding hydrogens is 290 g/mol. The topological polar surface area (TPSA) is 57.5 Å². The Hall–Kier alpha value is -1.98. The standard InChI is InChI=1S/C15H18ClN3O2/c1-19(2)13(14-4-3-9-21-14)10-17-15(20)18-12-7-5-11(16)6-8-12/h3-9,13H,10H2,1-2H3,(H2,17,18,20)/t13-/m0/s1. The van der Waals surface area contributed by atoms with Crippen LogP contribution in [0, 0.1) is 0 Å². The molecule has 1 atom stereocenters. The van der Waals surface area contributed by atoms with E-state index in [4.69, 9.17) is 16.0 Å². The van der Waals surface area contributed by atoms with Crippen LogP contribution in [0.4, 0.5) is 10.5 Å². The van der Waals surface area contributed by atoms with Crippen LogP contribution in [0.5, 0.6) is 0 Å². The number of nitrogens with zero attached hydrogens (tertiary/aromatic N) is 1. The first-order valence-corrected chi connectivity index (χ1v) is 6.94. The van der Waals surface area contributed by atoms with Crippen molar-refractivity contribution in [2.45, 2.75) is 6.04 Å². The average Bonchev–Trinajstić information content (AvgIpc) is 2.95. The fourth-order valence-corrected chi connectivity index (χ4v) is 2.04. The molecule has 0 unspecified atom stereocenters. The molecule has 2 N–H and O–H groups in total. The van der Waals surface area contributed by atoms with Crippen molar-refractivity contribution in [3.05, 3.63) is 53.4 Å². The van der Waals surface area contributed by atoms with Gasteiger partial charge in [0.05, 0.1) is 12.3 Å². The number of benzene rings is 1. The van der Waals surface area contributed by atoms with Gasteiger partial charge < -0.3 is 15.1 Å². The van der Waals surface area contributed by atoms with Crippen LogP contribution in [0.25, 0.3) is 0 Å². The first-order chi connectivity index (χ1) is 10.1. The van der Waals surface area contributed by atoms with E-state index in [1.807, 2.05) is 31.1 Å². The van der Waals surface area contributed by atoms with Crippen LogP contribution >= 0.6 is 11.6 Å². The predicted octanol–water partition coefficient (Wildman–Crippen LogP) is 3.36. The second kappa shape index (κ2) is 7.15. The van der Waals surface area contributed by atoms with E-state index in [0.29, 0.717) is 17.3 Å². The quantitative estimate of drug-likeness (QED) is 0.890. The van der Waals surface area contributed by atoms with Gasteiger partial charge in [-0.15, -0.1) is 0 Å². The SMILES string of the molecule is CN(C)[C@@H](CNC(=O)Nc1ccc(Cl)cc1)c1ccco1. The second-order valence-electron chi connectivity index (χ2n) is 4.84. The zero-order valence-electron chi connectivity index (χ0n) is 12.0. The van der Waals surface area contributed by atoms with Gasteiger partial charge in [0.15, 0.2) is 0 Å². The summed E-state index contributed by atoms with van der Waals surface area (Å²) in [6.45, 7) is 0.444. The van der Waals surface area contributed by atoms with Crippen molar-refractivity contribution in [3.8, 4) is 0 Å². The summed E-state index contributed by atoms with van der Waals surface area (Å²) in [6.07, 6.45) is 1.62. The summed E-state index contributed by atoms with van der Waals surface area (Å²) >= 11 is 5.80. The lowest BCUT2D eigenvalue weighted by molar-refractivity contribution is 0.233. The number of carbonyl (C=O) groups is 1. The molecule has 2 rings (SSSR count). The number of furan rings is 1. The summed E-state index contributed by atoms with van der Waals surface area (Å²) in [4.78, 5) is 13.9. The number of carbonyl (C=O) groups excluding carboxylic acids is 1. The second-order valence-corrected chi connectivity index (χ2v) is 5.27. The van der Waals surface area contributed by atoms with E-state index >= 15 is 0 Å². The van der Waals surface area contributed by atoms with Crippen molar-refractivity contribution in [2.75, 3.05) is 26.0 Å². The average molecular weight is 308 g/mol. The summed E-state index contributed by atoms with van der Waals surface area (Å²) < 4.78 is 5.39. The fraction of sp³-hybridized carbons (Fsp3) is 0.267. The highest BCUT2D eigenvalue weighted by molar-refractivity contribution is 6.30. The molecule has 1 aromatic heterocycles. The van der Waals surface area contributed by atoms with Crippen molar-refractivity contribution in [3.63, 3.8) is 0 Å². The van der Waals surface area contributed by atoms with Gasteiger partial charge in [0, 0.05) is 17.3 Å². The Morgan fingerprint density at radius 3 is 2.57 bits per heavy atom. The van der Waals surface area contributed by atoms with Crippen LogP contribution in [0.15, 0.2) is 47.1 Å². The summed E-state index contributed by atoms with van der Waals surface area (Å²) in [5.74, 6) is 0.812. The van der Waals surface area contributed by atoms with Gasteiger partial charge in [-0.2, -0.15) is 0 Å². The summed E-state index contributed by atoms with van der Waals surface area (Å²) in [5.41, 5.74) is 0.691. The molecule has 2 aromatic rings. The maximum absolute atomic E-state index is 11.9. The van der Waals surface area contributed by atoms with Gasteiger partial charge in [0.25, 0.3) is 0 Å². The maximum Gasteiger partial charge on any atom is 0.319 e. The molecule has 21 heavy (non-hydrogen) atoms. The van der Waals surface area contributed by atoms with E-state index in [2.05, 4.69) is 10.6 Å². The molecule has 0 aliphatic rings. The van der Waals surface area contributed by atoms with Crippen LogP contribution in [0.3, 0.4) is 0 Å². The zero-order valence-corrected chi connectivity index (χ0v) is 12.7. The summed E-state index contributed by atoms with van der Waals surface area (Å²) in [5, 5.41) is 6.21. The van der Waals surface area contributed by atoms with Gasteiger partial charge in [-0.1, -0.05) is 11.6 Å². The van der Waals surface area contributed by atoms with E-state index < -0.39 is 0 Å². The number of hydrogen-bond donors (Lipinski definition) is 2. The third kappa shape index (κ3) is 4.51. The van der Waals surface area contributed by atoms with Gasteiger partial charge in [0.2, 0.25) is 0 Å².